The molecule has 0 radical (unpaired) electrons. The highest BCUT2D eigenvalue weighted by Gasteiger charge is 2.32. The van der Waals surface area contributed by atoms with Crippen LogP contribution in [0.3, 0.4) is 0 Å². The third-order valence-corrected chi connectivity index (χ3v) is 7.15. The van der Waals surface area contributed by atoms with Crippen LogP contribution in [0.2, 0.25) is 0 Å². The van der Waals surface area contributed by atoms with Crippen molar-refractivity contribution in [2.75, 3.05) is 0 Å². The number of hydrogen-bond donors (Lipinski definition) is 1. The third kappa shape index (κ3) is 4.56. The number of halogens is 3. The molecule has 5 rings (SSSR count). The van der Waals surface area contributed by atoms with E-state index < -0.39 is 28.0 Å². The smallest absolute Gasteiger partial charge is 0.361 e. The molecular formula is C26H21F3N2O3S. The number of alkyl halides is 3. The lowest BCUT2D eigenvalue weighted by Gasteiger charge is -2.19. The van der Waals surface area contributed by atoms with E-state index in [0.29, 0.717) is 16.7 Å². The van der Waals surface area contributed by atoms with Crippen molar-refractivity contribution >= 4 is 31.9 Å². The Morgan fingerprint density at radius 3 is 2.31 bits per heavy atom. The van der Waals surface area contributed by atoms with Crippen molar-refractivity contribution in [1.82, 2.24) is 9.55 Å². The van der Waals surface area contributed by atoms with E-state index >= 15 is 0 Å². The van der Waals surface area contributed by atoms with E-state index in [4.69, 9.17) is 4.18 Å². The topological polar surface area (TPSA) is 64.1 Å². The van der Waals surface area contributed by atoms with Gasteiger partial charge < -0.3 is 9.55 Å². The van der Waals surface area contributed by atoms with E-state index in [-0.39, 0.29) is 5.75 Å². The van der Waals surface area contributed by atoms with Crippen molar-refractivity contribution in [3.8, 4) is 0 Å². The Balaban J connectivity index is 1.55. The van der Waals surface area contributed by atoms with E-state index in [1.807, 2.05) is 48.0 Å². The average Bonchev–Trinajstić information content (AvgIpc) is 3.38. The molecule has 2 heterocycles. The Hall–Kier alpha value is -3.56. The molecule has 9 heteroatoms. The fourth-order valence-corrected chi connectivity index (χ4v) is 5.54. The Morgan fingerprint density at radius 2 is 1.60 bits per heavy atom. The molecule has 1 unspecified atom stereocenters. The van der Waals surface area contributed by atoms with E-state index in [2.05, 4.69) is 4.98 Å². The van der Waals surface area contributed by atoms with E-state index in [1.54, 1.807) is 24.5 Å². The summed E-state index contributed by atoms with van der Waals surface area (Å²) in [5.41, 5.74) is 2.21. The van der Waals surface area contributed by atoms with Crippen LogP contribution in [0.15, 0.2) is 85.2 Å². The van der Waals surface area contributed by atoms with Crippen LogP contribution in [0.4, 0.5) is 13.2 Å². The van der Waals surface area contributed by atoms with Gasteiger partial charge in [0, 0.05) is 46.8 Å². The number of fused-ring (bicyclic) bond motifs is 2. The molecule has 5 aromatic rings. The van der Waals surface area contributed by atoms with Gasteiger partial charge in [-0.1, -0.05) is 48.5 Å². The monoisotopic (exact) mass is 498 g/mol. The lowest BCUT2D eigenvalue weighted by molar-refractivity contribution is -0.137. The fraction of sp³-hybridized carbons (Fsp3) is 0.154. The maximum Gasteiger partial charge on any atom is 0.416 e. The van der Waals surface area contributed by atoms with Crippen molar-refractivity contribution in [3.05, 3.63) is 107 Å². The summed E-state index contributed by atoms with van der Waals surface area (Å²) in [6, 6.07) is 19.1. The lowest BCUT2D eigenvalue weighted by atomic mass is 10.00. The SMILES string of the molecule is Cn1cc(CS(=O)(=O)OC(c2ccc(C(F)(F)F)cc2)c2c[nH]c3ccccc23)c2ccccc21. The van der Waals surface area contributed by atoms with Crippen LogP contribution in [-0.2, 0) is 33.3 Å². The second-order valence-electron chi connectivity index (χ2n) is 8.37. The molecule has 0 saturated heterocycles. The van der Waals surface area contributed by atoms with Crippen LogP contribution < -0.4 is 0 Å². The van der Waals surface area contributed by atoms with Crippen molar-refractivity contribution in [2.24, 2.45) is 7.05 Å². The summed E-state index contributed by atoms with van der Waals surface area (Å²) in [4.78, 5) is 3.08. The van der Waals surface area contributed by atoms with Gasteiger partial charge in [-0.15, -0.1) is 0 Å². The summed E-state index contributed by atoms with van der Waals surface area (Å²) >= 11 is 0. The molecule has 1 atom stereocenters. The molecule has 2 aromatic heterocycles. The predicted molar refractivity (Wildman–Crippen MR) is 128 cm³/mol. The highest BCUT2D eigenvalue weighted by Crippen LogP contribution is 2.36. The predicted octanol–water partition coefficient (Wildman–Crippen LogP) is 6.31. The number of aryl methyl sites for hydroxylation is 1. The van der Waals surface area contributed by atoms with Gasteiger partial charge >= 0.3 is 6.18 Å². The summed E-state index contributed by atoms with van der Waals surface area (Å²) in [5.74, 6) is -0.381. The van der Waals surface area contributed by atoms with Gasteiger partial charge in [-0.2, -0.15) is 21.6 Å². The summed E-state index contributed by atoms with van der Waals surface area (Å²) in [6.45, 7) is 0. The van der Waals surface area contributed by atoms with Crippen molar-refractivity contribution in [3.63, 3.8) is 0 Å². The second-order valence-corrected chi connectivity index (χ2v) is 9.97. The molecule has 35 heavy (non-hydrogen) atoms. The van der Waals surface area contributed by atoms with Crippen LogP contribution in [0, 0.1) is 0 Å². The summed E-state index contributed by atoms with van der Waals surface area (Å²) in [5, 5.41) is 1.51. The number of H-pyrrole nitrogens is 1. The minimum Gasteiger partial charge on any atom is -0.361 e. The lowest BCUT2D eigenvalue weighted by Crippen LogP contribution is -2.15. The molecule has 0 amide bonds. The molecular weight excluding hydrogens is 477 g/mol. The van der Waals surface area contributed by atoms with Gasteiger partial charge in [0.2, 0.25) is 0 Å². The summed E-state index contributed by atoms with van der Waals surface area (Å²) in [6.07, 6.45) is -2.27. The van der Waals surface area contributed by atoms with Crippen molar-refractivity contribution < 1.29 is 25.8 Å². The Kier molecular flexibility index (Phi) is 5.69. The molecule has 0 fully saturated rings. The van der Waals surface area contributed by atoms with Gasteiger partial charge in [-0.25, -0.2) is 0 Å². The first-order chi connectivity index (χ1) is 16.6. The fourth-order valence-electron chi connectivity index (χ4n) is 4.36. The molecule has 180 valence electrons. The molecule has 0 aliphatic rings. The number of hydrogen-bond acceptors (Lipinski definition) is 3. The molecule has 0 aliphatic heterocycles. The second kappa shape index (κ2) is 8.58. The van der Waals surface area contributed by atoms with Gasteiger partial charge in [-0.05, 0) is 35.4 Å². The van der Waals surface area contributed by atoms with E-state index in [9.17, 15) is 21.6 Å². The standard InChI is InChI=1S/C26H21F3N2O3S/c1-31-15-18(20-6-3-5-9-24(20)31)16-35(32,33)34-25(17-10-12-19(13-11-17)26(27,28)29)22-14-30-23-8-4-2-7-21(22)23/h2-15,25,30H,16H2,1H3. The van der Waals surface area contributed by atoms with Crippen LogP contribution in [0.5, 0.6) is 0 Å². The molecule has 0 bridgehead atoms. The normalized spacial score (nSPS) is 13.5. The molecule has 0 spiro atoms. The van der Waals surface area contributed by atoms with E-state index in [1.165, 1.54) is 12.1 Å². The zero-order valence-corrected chi connectivity index (χ0v) is 19.4. The Bertz CT molecular complexity index is 1620. The number of benzene rings is 3. The maximum absolute atomic E-state index is 13.3. The first kappa shape index (κ1) is 23.2. The van der Waals surface area contributed by atoms with Gasteiger partial charge in [0.05, 0.1) is 5.56 Å². The Morgan fingerprint density at radius 1 is 0.943 bits per heavy atom. The number of rotatable bonds is 6. The van der Waals surface area contributed by atoms with Crippen LogP contribution in [-0.4, -0.2) is 18.0 Å². The molecule has 5 nitrogen and oxygen atoms in total. The molecule has 0 aliphatic carbocycles. The van der Waals surface area contributed by atoms with E-state index in [0.717, 1.165) is 33.9 Å². The molecule has 0 saturated carbocycles. The number of aromatic nitrogens is 2. The summed E-state index contributed by atoms with van der Waals surface area (Å²) < 4.78 is 73.4. The maximum atomic E-state index is 13.3. The minimum atomic E-state index is -4.50. The largest absolute Gasteiger partial charge is 0.416 e. The third-order valence-electron chi connectivity index (χ3n) is 6.00. The van der Waals surface area contributed by atoms with Gasteiger partial charge in [0.25, 0.3) is 10.1 Å². The van der Waals surface area contributed by atoms with Crippen LogP contribution in [0.25, 0.3) is 21.8 Å². The zero-order chi connectivity index (χ0) is 24.8. The quantitative estimate of drug-likeness (QED) is 0.279. The number of nitrogens with zero attached hydrogens (tertiary/aromatic N) is 1. The zero-order valence-electron chi connectivity index (χ0n) is 18.6. The van der Waals surface area contributed by atoms with Gasteiger partial charge in [0.1, 0.15) is 11.9 Å². The number of para-hydroxylation sites is 2. The summed E-state index contributed by atoms with van der Waals surface area (Å²) in [7, 11) is -2.31. The van der Waals surface area contributed by atoms with Crippen molar-refractivity contribution in [1.29, 1.82) is 0 Å². The highest BCUT2D eigenvalue weighted by molar-refractivity contribution is 7.85. The average molecular weight is 499 g/mol. The van der Waals surface area contributed by atoms with Crippen molar-refractivity contribution in [2.45, 2.75) is 18.0 Å². The first-order valence-electron chi connectivity index (χ1n) is 10.8. The molecule has 1 N–H and O–H groups in total. The van der Waals surface area contributed by atoms with Crippen LogP contribution in [0.1, 0.15) is 28.4 Å². The minimum absolute atomic E-state index is 0.296. The van der Waals surface area contributed by atoms with Gasteiger partial charge in [-0.3, -0.25) is 4.18 Å². The Labute approximate surface area is 199 Å². The number of aromatic amines is 1. The highest BCUT2D eigenvalue weighted by atomic mass is 32.2. The van der Waals surface area contributed by atoms with Crippen LogP contribution >= 0.6 is 0 Å². The number of nitrogens with one attached hydrogen (secondary N) is 1. The van der Waals surface area contributed by atoms with Gasteiger partial charge in [0.15, 0.2) is 0 Å². The molecule has 3 aromatic carbocycles. The first-order valence-corrected chi connectivity index (χ1v) is 12.4.